The van der Waals surface area contributed by atoms with E-state index in [1.165, 1.54) is 30.5 Å². The first-order valence-electron chi connectivity index (χ1n) is 11.4. The molecule has 0 amide bonds. The van der Waals surface area contributed by atoms with Gasteiger partial charge < -0.3 is 9.88 Å². The molecule has 3 heterocycles. The van der Waals surface area contributed by atoms with Gasteiger partial charge in [0.15, 0.2) is 5.82 Å². The number of hydrogen-bond donors (Lipinski definition) is 1. The highest BCUT2D eigenvalue weighted by Gasteiger charge is 2.20. The maximum Gasteiger partial charge on any atom is 0.151 e. The van der Waals surface area contributed by atoms with E-state index in [-0.39, 0.29) is 5.69 Å². The molecule has 0 spiro atoms. The van der Waals surface area contributed by atoms with Gasteiger partial charge in [-0.1, -0.05) is 0 Å². The summed E-state index contributed by atoms with van der Waals surface area (Å²) in [4.78, 5) is 13.5. The minimum absolute atomic E-state index is 0.108. The quantitative estimate of drug-likeness (QED) is 0.291. The van der Waals surface area contributed by atoms with E-state index in [4.69, 9.17) is 0 Å². The Hall–Kier alpha value is -3.69. The lowest BCUT2D eigenvalue weighted by Gasteiger charge is -2.21. The topological polar surface area (TPSA) is 91.6 Å². The highest BCUT2D eigenvalue weighted by Crippen LogP contribution is 2.40. The van der Waals surface area contributed by atoms with Crippen molar-refractivity contribution in [3.63, 3.8) is 0 Å². The molecule has 0 aliphatic rings. The molecule has 0 fully saturated rings. The van der Waals surface area contributed by atoms with E-state index in [1.54, 1.807) is 32.4 Å². The van der Waals surface area contributed by atoms with Gasteiger partial charge in [-0.3, -0.25) is 9.97 Å². The number of anilines is 1. The summed E-state index contributed by atoms with van der Waals surface area (Å²) in [6.45, 7) is 8.86. The van der Waals surface area contributed by atoms with Crippen LogP contribution in [0.3, 0.4) is 0 Å². The normalized spacial score (nSPS) is 12.4. The molecule has 0 saturated heterocycles. The molecule has 4 aromatic rings. The molecule has 0 radical (unpaired) electrons. The maximum atomic E-state index is 15.1. The van der Waals surface area contributed by atoms with E-state index < -0.39 is 24.8 Å². The van der Waals surface area contributed by atoms with Crippen LogP contribution in [-0.4, -0.2) is 28.3 Å². The van der Waals surface area contributed by atoms with E-state index in [9.17, 15) is 14.2 Å². The molecule has 0 saturated carbocycles. The molecule has 0 aliphatic carbocycles. The number of halogens is 2. The zero-order valence-electron chi connectivity index (χ0n) is 20.7. The molecule has 6 nitrogen and oxygen atoms in total. The van der Waals surface area contributed by atoms with Crippen LogP contribution in [0, 0.1) is 36.8 Å². The second-order valence-corrected chi connectivity index (χ2v) is 12.8. The lowest BCUT2D eigenvalue weighted by molar-refractivity contribution is 0.581. The second-order valence-electron chi connectivity index (χ2n) is 9.37. The fraction of sp³-hybridized carbons (Fsp3) is 0.259. The van der Waals surface area contributed by atoms with Gasteiger partial charge in [-0.2, -0.15) is 5.26 Å². The van der Waals surface area contributed by atoms with Crippen molar-refractivity contribution in [2.45, 2.75) is 33.0 Å². The van der Waals surface area contributed by atoms with Crippen molar-refractivity contribution < 1.29 is 13.3 Å². The predicted octanol–water partition coefficient (Wildman–Crippen LogP) is 6.75. The van der Waals surface area contributed by atoms with Gasteiger partial charge >= 0.3 is 0 Å². The molecule has 1 atom stereocenters. The molecule has 184 valence electrons. The van der Waals surface area contributed by atoms with Crippen molar-refractivity contribution in [1.82, 2.24) is 15.0 Å². The average Bonchev–Trinajstić information content (AvgIpc) is 2.81. The van der Waals surface area contributed by atoms with Gasteiger partial charge in [0, 0.05) is 40.9 Å². The molecule has 0 aliphatic heterocycles. The molecule has 1 N–H and O–H groups in total. The highest BCUT2D eigenvalue weighted by atomic mass is 31.2. The Kier molecular flexibility index (Phi) is 6.88. The molecule has 1 aromatic carbocycles. The summed E-state index contributed by atoms with van der Waals surface area (Å²) in [5.41, 5.74) is 4.84. The standard InChI is InChI=1S/C27H26F2N5OP/c1-15-16(2)32-24-11-23(29)26(19-7-8-20(31-13-19)14-36(4,5)35)34-27(24)25(15)33-17(3)21-10-18(12-30)6-9-22(21)28/h6-11,13,17H,14H2,1-5H3,(H,32,33)/t17-/m1/s1. The molecule has 9 heteroatoms. The maximum absolute atomic E-state index is 15.1. The predicted molar refractivity (Wildman–Crippen MR) is 139 cm³/mol. The second kappa shape index (κ2) is 9.75. The third-order valence-corrected chi connectivity index (χ3v) is 7.08. The van der Waals surface area contributed by atoms with Crippen LogP contribution >= 0.6 is 7.14 Å². The Balaban J connectivity index is 1.80. The number of aryl methyl sites for hydroxylation is 1. The smallest absolute Gasteiger partial charge is 0.151 e. The number of nitrogens with one attached hydrogen (secondary N) is 1. The van der Waals surface area contributed by atoms with Crippen LogP contribution in [0.15, 0.2) is 42.6 Å². The minimum atomic E-state index is -2.29. The number of hydrogen-bond acceptors (Lipinski definition) is 6. The molecule has 36 heavy (non-hydrogen) atoms. The number of benzene rings is 1. The van der Waals surface area contributed by atoms with Crippen molar-refractivity contribution in [1.29, 1.82) is 5.26 Å². The van der Waals surface area contributed by atoms with Gasteiger partial charge in [0.1, 0.15) is 17.0 Å². The van der Waals surface area contributed by atoms with Crippen LogP contribution in [-0.2, 0) is 10.7 Å². The van der Waals surface area contributed by atoms with Crippen LogP contribution in [0.1, 0.15) is 41.0 Å². The van der Waals surface area contributed by atoms with E-state index in [0.29, 0.717) is 51.0 Å². The Morgan fingerprint density at radius 3 is 2.47 bits per heavy atom. The van der Waals surface area contributed by atoms with Gasteiger partial charge in [0.05, 0.1) is 36.0 Å². The third-order valence-electron chi connectivity index (χ3n) is 5.99. The zero-order chi connectivity index (χ0) is 26.2. The Labute approximate surface area is 208 Å². The molecule has 4 rings (SSSR count). The molecule has 0 unspecified atom stereocenters. The number of rotatable bonds is 6. The number of pyridine rings is 3. The lowest BCUT2D eigenvalue weighted by atomic mass is 10.0. The fourth-order valence-corrected chi connectivity index (χ4v) is 5.01. The van der Waals surface area contributed by atoms with Crippen molar-refractivity contribution in [2.24, 2.45) is 0 Å². The minimum Gasteiger partial charge on any atom is -0.376 e. The van der Waals surface area contributed by atoms with Crippen molar-refractivity contribution in [2.75, 3.05) is 18.6 Å². The monoisotopic (exact) mass is 505 g/mol. The molecular formula is C27H26F2N5OP. The van der Waals surface area contributed by atoms with Gasteiger partial charge in [-0.15, -0.1) is 0 Å². The largest absolute Gasteiger partial charge is 0.376 e. The molecular weight excluding hydrogens is 479 g/mol. The first-order valence-corrected chi connectivity index (χ1v) is 14.2. The molecule has 0 bridgehead atoms. The number of nitrogens with zero attached hydrogens (tertiary/aromatic N) is 4. The first-order chi connectivity index (χ1) is 17.0. The summed E-state index contributed by atoms with van der Waals surface area (Å²) in [5, 5.41) is 12.5. The summed E-state index contributed by atoms with van der Waals surface area (Å²) in [7, 11) is -2.29. The average molecular weight is 506 g/mol. The van der Waals surface area contributed by atoms with Gasteiger partial charge in [0.25, 0.3) is 0 Å². The summed E-state index contributed by atoms with van der Waals surface area (Å²) in [6, 6.07) is 10.5. The van der Waals surface area contributed by atoms with E-state index in [2.05, 4.69) is 20.3 Å². The van der Waals surface area contributed by atoms with Gasteiger partial charge in [-0.05, 0) is 70.0 Å². The van der Waals surface area contributed by atoms with E-state index >= 15 is 4.39 Å². The Morgan fingerprint density at radius 2 is 1.83 bits per heavy atom. The summed E-state index contributed by atoms with van der Waals surface area (Å²) < 4.78 is 41.8. The van der Waals surface area contributed by atoms with Gasteiger partial charge in [-0.25, -0.2) is 13.8 Å². The zero-order valence-corrected chi connectivity index (χ0v) is 21.6. The van der Waals surface area contributed by atoms with Crippen LogP contribution in [0.2, 0.25) is 0 Å². The van der Waals surface area contributed by atoms with Crippen LogP contribution in [0.25, 0.3) is 22.3 Å². The van der Waals surface area contributed by atoms with Crippen LogP contribution in [0.5, 0.6) is 0 Å². The fourth-order valence-electron chi connectivity index (χ4n) is 4.04. The summed E-state index contributed by atoms with van der Waals surface area (Å²) >= 11 is 0. The number of aromatic nitrogens is 3. The summed E-state index contributed by atoms with van der Waals surface area (Å²) in [5.74, 6) is -0.979. The first kappa shape index (κ1) is 25.4. The number of fused-ring (bicyclic) bond motifs is 1. The van der Waals surface area contributed by atoms with Crippen LogP contribution < -0.4 is 5.32 Å². The Morgan fingerprint density at radius 1 is 1.08 bits per heavy atom. The molecule has 3 aromatic heterocycles. The van der Waals surface area contributed by atoms with E-state index in [0.717, 1.165) is 5.56 Å². The van der Waals surface area contributed by atoms with Crippen LogP contribution in [0.4, 0.5) is 14.5 Å². The van der Waals surface area contributed by atoms with Crippen molar-refractivity contribution in [3.8, 4) is 17.3 Å². The van der Waals surface area contributed by atoms with Crippen molar-refractivity contribution >= 4 is 23.9 Å². The Bertz CT molecular complexity index is 1560. The lowest BCUT2D eigenvalue weighted by Crippen LogP contribution is -2.12. The highest BCUT2D eigenvalue weighted by molar-refractivity contribution is 7.61. The van der Waals surface area contributed by atoms with E-state index in [1.807, 2.05) is 19.9 Å². The number of nitriles is 1. The van der Waals surface area contributed by atoms with Gasteiger partial charge in [0.2, 0.25) is 0 Å². The third kappa shape index (κ3) is 5.27. The summed E-state index contributed by atoms with van der Waals surface area (Å²) in [6.07, 6.45) is 1.88. The SMILES string of the molecule is Cc1nc2cc(F)c(-c3ccc(CP(C)(C)=O)nc3)nc2c(N[C@H](C)c2cc(C#N)ccc2F)c1C. The van der Waals surface area contributed by atoms with Crippen molar-refractivity contribution in [3.05, 3.63) is 82.3 Å².